The molecule has 0 unspecified atom stereocenters. The molecule has 22 heavy (non-hydrogen) atoms. The van der Waals surface area contributed by atoms with Crippen LogP contribution in [0, 0.1) is 13.8 Å². The highest BCUT2D eigenvalue weighted by molar-refractivity contribution is 5.94. The van der Waals surface area contributed by atoms with Crippen molar-refractivity contribution in [3.8, 4) is 0 Å². The van der Waals surface area contributed by atoms with Gasteiger partial charge in [-0.15, -0.1) is 0 Å². The Bertz CT molecular complexity index is 494. The second-order valence-corrected chi connectivity index (χ2v) is 5.36. The maximum atomic E-state index is 11.9. The summed E-state index contributed by atoms with van der Waals surface area (Å²) in [5, 5.41) is 2.84. The van der Waals surface area contributed by atoms with Gasteiger partial charge in [-0.05, 0) is 31.4 Å². The number of hydrogen-bond donors (Lipinski definition) is 1. The summed E-state index contributed by atoms with van der Waals surface area (Å²) in [7, 11) is 1.64. The molecule has 5 heteroatoms. The van der Waals surface area contributed by atoms with Crippen LogP contribution in [0.4, 0.5) is 5.69 Å². The van der Waals surface area contributed by atoms with E-state index in [1.807, 2.05) is 32.0 Å². The first-order chi connectivity index (χ1) is 10.5. The molecule has 0 atom stereocenters. The Morgan fingerprint density at radius 3 is 2.41 bits per heavy atom. The van der Waals surface area contributed by atoms with Crippen molar-refractivity contribution in [2.75, 3.05) is 31.7 Å². The number of hydrogen-bond acceptors (Lipinski definition) is 3. The number of para-hydroxylation sites is 1. The van der Waals surface area contributed by atoms with Crippen LogP contribution in [0.25, 0.3) is 0 Å². The number of carbonyl (C=O) groups is 2. The Kier molecular flexibility index (Phi) is 7.60. The molecule has 0 saturated heterocycles. The number of nitrogens with zero attached hydrogens (tertiary/aromatic N) is 1. The summed E-state index contributed by atoms with van der Waals surface area (Å²) in [6.07, 6.45) is 1.08. The van der Waals surface area contributed by atoms with Crippen molar-refractivity contribution in [1.29, 1.82) is 0 Å². The number of methoxy groups -OCH3 is 1. The summed E-state index contributed by atoms with van der Waals surface area (Å²) in [4.78, 5) is 25.5. The number of amides is 2. The van der Waals surface area contributed by atoms with E-state index in [0.717, 1.165) is 23.2 Å². The van der Waals surface area contributed by atoms with Crippen LogP contribution in [0.3, 0.4) is 0 Å². The van der Waals surface area contributed by atoms with Crippen LogP contribution < -0.4 is 10.2 Å². The quantitative estimate of drug-likeness (QED) is 0.749. The highest BCUT2D eigenvalue weighted by Crippen LogP contribution is 2.24. The number of carbonyl (C=O) groups excluding carboxylic acids is 2. The number of aryl methyl sites for hydroxylation is 2. The third-order valence-electron chi connectivity index (χ3n) is 3.50. The van der Waals surface area contributed by atoms with E-state index in [9.17, 15) is 9.59 Å². The first kappa shape index (κ1) is 18.2. The molecular weight excluding hydrogens is 280 g/mol. The van der Waals surface area contributed by atoms with Gasteiger partial charge in [0.15, 0.2) is 0 Å². The number of nitrogens with one attached hydrogen (secondary N) is 1. The summed E-state index contributed by atoms with van der Waals surface area (Å²) in [5.41, 5.74) is 2.98. The van der Waals surface area contributed by atoms with Crippen LogP contribution in [0.15, 0.2) is 18.2 Å². The van der Waals surface area contributed by atoms with Gasteiger partial charge in [-0.1, -0.05) is 18.2 Å². The molecule has 0 radical (unpaired) electrons. The van der Waals surface area contributed by atoms with Gasteiger partial charge in [-0.25, -0.2) is 0 Å². The lowest BCUT2D eigenvalue weighted by Gasteiger charge is -2.25. The van der Waals surface area contributed by atoms with Gasteiger partial charge < -0.3 is 15.0 Å². The second kappa shape index (κ2) is 9.20. The topological polar surface area (TPSA) is 58.6 Å². The van der Waals surface area contributed by atoms with Crippen LogP contribution in [0.2, 0.25) is 0 Å². The van der Waals surface area contributed by atoms with E-state index in [2.05, 4.69) is 5.32 Å². The average Bonchev–Trinajstić information content (AvgIpc) is 2.46. The van der Waals surface area contributed by atoms with E-state index in [1.165, 1.54) is 6.92 Å². The molecule has 0 saturated carbocycles. The van der Waals surface area contributed by atoms with Crippen molar-refractivity contribution in [3.63, 3.8) is 0 Å². The fraction of sp³-hybridized carbons (Fsp3) is 0.529. The second-order valence-electron chi connectivity index (χ2n) is 5.36. The number of ether oxygens (including phenoxy) is 1. The minimum Gasteiger partial charge on any atom is -0.385 e. The summed E-state index contributed by atoms with van der Waals surface area (Å²) in [6, 6.07) is 5.92. The van der Waals surface area contributed by atoms with Gasteiger partial charge in [0.05, 0.1) is 0 Å². The lowest BCUT2D eigenvalue weighted by atomic mass is 10.1. The van der Waals surface area contributed by atoms with E-state index >= 15 is 0 Å². The summed E-state index contributed by atoms with van der Waals surface area (Å²) in [5.74, 6) is -0.0989. The lowest BCUT2D eigenvalue weighted by molar-refractivity contribution is -0.121. The standard InChI is InChI=1S/C17H26N2O3/c1-13-7-5-8-14(2)17(13)19(15(3)20)11-9-16(21)18-10-6-12-22-4/h5,7-8H,6,9-12H2,1-4H3,(H,18,21). The Hall–Kier alpha value is -1.88. The van der Waals surface area contributed by atoms with Crippen molar-refractivity contribution in [3.05, 3.63) is 29.3 Å². The van der Waals surface area contributed by atoms with E-state index in [1.54, 1.807) is 12.0 Å². The van der Waals surface area contributed by atoms with Crippen LogP contribution in [0.5, 0.6) is 0 Å². The normalized spacial score (nSPS) is 10.4. The smallest absolute Gasteiger partial charge is 0.223 e. The van der Waals surface area contributed by atoms with Gasteiger partial charge in [-0.3, -0.25) is 9.59 Å². The Labute approximate surface area is 132 Å². The van der Waals surface area contributed by atoms with Crippen molar-refractivity contribution in [2.24, 2.45) is 0 Å². The van der Waals surface area contributed by atoms with Gasteiger partial charge in [0, 0.05) is 45.8 Å². The predicted octanol–water partition coefficient (Wildman–Crippen LogP) is 2.20. The van der Waals surface area contributed by atoms with E-state index in [4.69, 9.17) is 4.74 Å². The summed E-state index contributed by atoms with van der Waals surface area (Å²) in [6.45, 7) is 7.09. The zero-order chi connectivity index (χ0) is 16.5. The highest BCUT2D eigenvalue weighted by Gasteiger charge is 2.17. The summed E-state index contributed by atoms with van der Waals surface area (Å²) >= 11 is 0. The molecular formula is C17H26N2O3. The minimum absolute atomic E-state index is 0.0476. The van der Waals surface area contributed by atoms with Crippen molar-refractivity contribution >= 4 is 17.5 Å². The summed E-state index contributed by atoms with van der Waals surface area (Å²) < 4.78 is 4.93. The molecule has 0 bridgehead atoms. The van der Waals surface area contributed by atoms with E-state index in [0.29, 0.717) is 26.1 Å². The number of rotatable bonds is 8. The zero-order valence-electron chi connectivity index (χ0n) is 13.9. The Morgan fingerprint density at radius 1 is 1.23 bits per heavy atom. The van der Waals surface area contributed by atoms with Crippen LogP contribution in [-0.2, 0) is 14.3 Å². The molecule has 0 fully saturated rings. The molecule has 0 heterocycles. The van der Waals surface area contributed by atoms with Crippen molar-refractivity contribution in [2.45, 2.75) is 33.6 Å². The van der Waals surface area contributed by atoms with Gasteiger partial charge in [0.25, 0.3) is 0 Å². The van der Waals surface area contributed by atoms with Crippen LogP contribution >= 0.6 is 0 Å². The molecule has 1 rings (SSSR count). The van der Waals surface area contributed by atoms with Gasteiger partial charge >= 0.3 is 0 Å². The fourth-order valence-electron chi connectivity index (χ4n) is 2.40. The van der Waals surface area contributed by atoms with Crippen LogP contribution in [-0.4, -0.2) is 38.6 Å². The molecule has 1 aromatic rings. The molecule has 1 aromatic carbocycles. The van der Waals surface area contributed by atoms with Crippen LogP contribution in [0.1, 0.15) is 30.9 Å². The fourth-order valence-corrected chi connectivity index (χ4v) is 2.40. The van der Waals surface area contributed by atoms with Crippen molar-refractivity contribution in [1.82, 2.24) is 5.32 Å². The number of anilines is 1. The molecule has 0 spiro atoms. The van der Waals surface area contributed by atoms with Gasteiger partial charge in [-0.2, -0.15) is 0 Å². The number of benzene rings is 1. The van der Waals surface area contributed by atoms with E-state index in [-0.39, 0.29) is 11.8 Å². The lowest BCUT2D eigenvalue weighted by Crippen LogP contribution is -2.35. The molecule has 1 N–H and O–H groups in total. The SMILES string of the molecule is COCCCNC(=O)CCN(C(C)=O)c1c(C)cccc1C. The predicted molar refractivity (Wildman–Crippen MR) is 88.1 cm³/mol. The Morgan fingerprint density at radius 2 is 1.86 bits per heavy atom. The molecule has 0 aliphatic carbocycles. The molecule has 0 aliphatic rings. The minimum atomic E-state index is -0.0513. The molecule has 0 aromatic heterocycles. The first-order valence-electron chi connectivity index (χ1n) is 7.57. The molecule has 0 aliphatic heterocycles. The van der Waals surface area contributed by atoms with Gasteiger partial charge in [0.1, 0.15) is 0 Å². The molecule has 5 nitrogen and oxygen atoms in total. The largest absolute Gasteiger partial charge is 0.385 e. The molecule has 122 valence electrons. The van der Waals surface area contributed by atoms with E-state index < -0.39 is 0 Å². The highest BCUT2D eigenvalue weighted by atomic mass is 16.5. The zero-order valence-corrected chi connectivity index (χ0v) is 13.9. The third kappa shape index (κ3) is 5.48. The average molecular weight is 306 g/mol. The molecule has 2 amide bonds. The van der Waals surface area contributed by atoms with Gasteiger partial charge in [0.2, 0.25) is 11.8 Å². The van der Waals surface area contributed by atoms with Crippen molar-refractivity contribution < 1.29 is 14.3 Å². The maximum Gasteiger partial charge on any atom is 0.223 e. The first-order valence-corrected chi connectivity index (χ1v) is 7.57. The monoisotopic (exact) mass is 306 g/mol. The Balaban J connectivity index is 2.63. The third-order valence-corrected chi connectivity index (χ3v) is 3.50. The maximum absolute atomic E-state index is 11.9.